The molecule has 16 heavy (non-hydrogen) atoms. The third-order valence-electron chi connectivity index (χ3n) is 2.70. The van der Waals surface area contributed by atoms with Gasteiger partial charge in [-0.3, -0.25) is 4.79 Å². The molecule has 0 fully saturated rings. The summed E-state index contributed by atoms with van der Waals surface area (Å²) in [5, 5.41) is 9.03. The van der Waals surface area contributed by atoms with Crippen LogP contribution in [0.5, 0.6) is 0 Å². The van der Waals surface area contributed by atoms with Crippen molar-refractivity contribution >= 4 is 5.78 Å². The Balaban J connectivity index is 2.91. The van der Waals surface area contributed by atoms with E-state index in [1.807, 2.05) is 52.0 Å². The number of rotatable bonds is 3. The third kappa shape index (κ3) is 2.92. The molecule has 0 aliphatic rings. The molecule has 0 aliphatic heterocycles. The Labute approximate surface area is 97.3 Å². The van der Waals surface area contributed by atoms with Gasteiger partial charge in [-0.05, 0) is 5.56 Å². The molecule has 1 atom stereocenters. The molecule has 2 heteroatoms. The van der Waals surface area contributed by atoms with E-state index in [4.69, 9.17) is 5.11 Å². The minimum atomic E-state index is -0.343. The molecule has 1 unspecified atom stereocenters. The Morgan fingerprint density at radius 3 is 2.12 bits per heavy atom. The van der Waals surface area contributed by atoms with Crippen molar-refractivity contribution in [3.8, 4) is 0 Å². The topological polar surface area (TPSA) is 37.3 Å². The standard InChI is InChI=1S/C14H20O2/c1-10(9-15)11-5-7-12(8-6-11)13(16)14(2,3)4/h5-8,10,15H,9H2,1-4H3. The zero-order chi connectivity index (χ0) is 12.3. The third-order valence-corrected chi connectivity index (χ3v) is 2.70. The quantitative estimate of drug-likeness (QED) is 0.795. The van der Waals surface area contributed by atoms with Crippen LogP contribution in [-0.2, 0) is 0 Å². The average molecular weight is 220 g/mol. The van der Waals surface area contributed by atoms with Gasteiger partial charge in [0.15, 0.2) is 5.78 Å². The number of ketones is 1. The van der Waals surface area contributed by atoms with E-state index in [9.17, 15) is 4.79 Å². The van der Waals surface area contributed by atoms with Gasteiger partial charge in [0.05, 0.1) is 0 Å². The Morgan fingerprint density at radius 2 is 1.75 bits per heavy atom. The van der Waals surface area contributed by atoms with Gasteiger partial charge in [-0.25, -0.2) is 0 Å². The zero-order valence-corrected chi connectivity index (χ0v) is 10.4. The Hall–Kier alpha value is -1.15. The number of hydrogen-bond donors (Lipinski definition) is 1. The monoisotopic (exact) mass is 220 g/mol. The van der Waals surface area contributed by atoms with Crippen molar-refractivity contribution < 1.29 is 9.90 Å². The van der Waals surface area contributed by atoms with Crippen molar-refractivity contribution in [1.29, 1.82) is 0 Å². The van der Waals surface area contributed by atoms with E-state index in [1.165, 1.54) is 0 Å². The summed E-state index contributed by atoms with van der Waals surface area (Å²) in [4.78, 5) is 12.0. The summed E-state index contributed by atoms with van der Waals surface area (Å²) in [5.74, 6) is 0.273. The van der Waals surface area contributed by atoms with Gasteiger partial charge in [0.1, 0.15) is 0 Å². The van der Waals surface area contributed by atoms with Gasteiger partial charge in [-0.15, -0.1) is 0 Å². The molecule has 0 amide bonds. The highest BCUT2D eigenvalue weighted by Crippen LogP contribution is 2.22. The maximum atomic E-state index is 12.0. The van der Waals surface area contributed by atoms with Crippen molar-refractivity contribution in [2.75, 3.05) is 6.61 Å². The van der Waals surface area contributed by atoms with Crippen molar-refractivity contribution in [3.05, 3.63) is 35.4 Å². The minimum absolute atomic E-state index is 0.124. The first-order chi connectivity index (χ1) is 7.36. The summed E-state index contributed by atoms with van der Waals surface area (Å²) in [7, 11) is 0. The van der Waals surface area contributed by atoms with Crippen molar-refractivity contribution in [2.24, 2.45) is 5.41 Å². The first-order valence-corrected chi connectivity index (χ1v) is 5.62. The largest absolute Gasteiger partial charge is 0.396 e. The van der Waals surface area contributed by atoms with E-state index < -0.39 is 0 Å². The summed E-state index contributed by atoms with van der Waals surface area (Å²) in [5.41, 5.74) is 1.46. The fourth-order valence-corrected chi connectivity index (χ4v) is 1.50. The second-order valence-corrected chi connectivity index (χ2v) is 5.28. The van der Waals surface area contributed by atoms with Gasteiger partial charge in [-0.2, -0.15) is 0 Å². The predicted molar refractivity (Wildman–Crippen MR) is 65.7 cm³/mol. The molecule has 0 saturated carbocycles. The summed E-state index contributed by atoms with van der Waals surface area (Å²) < 4.78 is 0. The number of carbonyl (C=O) groups excluding carboxylic acids is 1. The lowest BCUT2D eigenvalue weighted by molar-refractivity contribution is 0.0858. The smallest absolute Gasteiger partial charge is 0.168 e. The number of benzene rings is 1. The first-order valence-electron chi connectivity index (χ1n) is 5.62. The summed E-state index contributed by atoms with van der Waals surface area (Å²) in [6.07, 6.45) is 0. The van der Waals surface area contributed by atoms with Gasteiger partial charge < -0.3 is 5.11 Å². The fourth-order valence-electron chi connectivity index (χ4n) is 1.50. The second kappa shape index (κ2) is 4.79. The van der Waals surface area contributed by atoms with Crippen molar-refractivity contribution in [1.82, 2.24) is 0 Å². The van der Waals surface area contributed by atoms with Crippen LogP contribution >= 0.6 is 0 Å². The highest BCUT2D eigenvalue weighted by Gasteiger charge is 2.22. The number of hydrogen-bond acceptors (Lipinski definition) is 2. The molecule has 0 saturated heterocycles. The van der Waals surface area contributed by atoms with Crippen LogP contribution in [0.2, 0.25) is 0 Å². The van der Waals surface area contributed by atoms with Crippen LogP contribution in [0, 0.1) is 5.41 Å². The number of Topliss-reactive ketones (excluding diaryl/α,β-unsaturated/α-hetero) is 1. The molecule has 0 spiro atoms. The lowest BCUT2D eigenvalue weighted by Crippen LogP contribution is -2.20. The van der Waals surface area contributed by atoms with E-state index in [0.29, 0.717) is 0 Å². The highest BCUT2D eigenvalue weighted by atomic mass is 16.3. The molecule has 0 aliphatic carbocycles. The van der Waals surface area contributed by atoms with E-state index >= 15 is 0 Å². The molecule has 2 nitrogen and oxygen atoms in total. The zero-order valence-electron chi connectivity index (χ0n) is 10.4. The summed E-state index contributed by atoms with van der Waals surface area (Å²) in [6.45, 7) is 7.84. The van der Waals surface area contributed by atoms with E-state index in [1.54, 1.807) is 0 Å². The van der Waals surface area contributed by atoms with Gasteiger partial charge in [0.2, 0.25) is 0 Å². The summed E-state index contributed by atoms with van der Waals surface area (Å²) in [6, 6.07) is 7.52. The van der Waals surface area contributed by atoms with Crippen LogP contribution < -0.4 is 0 Å². The Morgan fingerprint density at radius 1 is 1.25 bits per heavy atom. The predicted octanol–water partition coefficient (Wildman–Crippen LogP) is 3.01. The van der Waals surface area contributed by atoms with Crippen LogP contribution in [0.15, 0.2) is 24.3 Å². The number of aliphatic hydroxyl groups excluding tert-OH is 1. The van der Waals surface area contributed by atoms with Gasteiger partial charge in [0.25, 0.3) is 0 Å². The normalized spacial score (nSPS) is 13.6. The molecule has 88 valence electrons. The summed E-state index contributed by atoms with van der Waals surface area (Å²) >= 11 is 0. The minimum Gasteiger partial charge on any atom is -0.396 e. The first kappa shape index (κ1) is 12.9. The SMILES string of the molecule is CC(CO)c1ccc(C(=O)C(C)(C)C)cc1. The fraction of sp³-hybridized carbons (Fsp3) is 0.500. The maximum Gasteiger partial charge on any atom is 0.168 e. The molecule has 1 rings (SSSR count). The van der Waals surface area contributed by atoms with Gasteiger partial charge in [-0.1, -0.05) is 52.0 Å². The van der Waals surface area contributed by atoms with Crippen molar-refractivity contribution in [2.45, 2.75) is 33.6 Å². The van der Waals surface area contributed by atoms with Crippen LogP contribution in [0.4, 0.5) is 0 Å². The van der Waals surface area contributed by atoms with E-state index in [-0.39, 0.29) is 23.7 Å². The van der Waals surface area contributed by atoms with Gasteiger partial charge >= 0.3 is 0 Å². The molecule has 1 aromatic carbocycles. The molecule has 0 radical (unpaired) electrons. The molecular weight excluding hydrogens is 200 g/mol. The maximum absolute atomic E-state index is 12.0. The molecule has 0 heterocycles. The van der Waals surface area contributed by atoms with Crippen LogP contribution in [0.3, 0.4) is 0 Å². The van der Waals surface area contributed by atoms with Crippen LogP contribution in [-0.4, -0.2) is 17.5 Å². The number of aliphatic hydroxyl groups is 1. The van der Waals surface area contributed by atoms with Crippen LogP contribution in [0.25, 0.3) is 0 Å². The Kier molecular flexibility index (Phi) is 3.87. The molecule has 1 N–H and O–H groups in total. The van der Waals surface area contributed by atoms with Gasteiger partial charge in [0, 0.05) is 23.5 Å². The molecule has 1 aromatic rings. The molecule has 0 bridgehead atoms. The number of carbonyl (C=O) groups is 1. The van der Waals surface area contributed by atoms with E-state index in [2.05, 4.69) is 0 Å². The van der Waals surface area contributed by atoms with Crippen LogP contribution in [0.1, 0.15) is 49.5 Å². The Bertz CT molecular complexity index is 357. The lowest BCUT2D eigenvalue weighted by Gasteiger charge is -2.17. The van der Waals surface area contributed by atoms with E-state index in [0.717, 1.165) is 11.1 Å². The molecular formula is C14H20O2. The lowest BCUT2D eigenvalue weighted by atomic mass is 9.86. The average Bonchev–Trinajstić information content (AvgIpc) is 2.26. The second-order valence-electron chi connectivity index (χ2n) is 5.28. The molecule has 0 aromatic heterocycles. The highest BCUT2D eigenvalue weighted by molar-refractivity contribution is 5.99. The van der Waals surface area contributed by atoms with Crippen molar-refractivity contribution in [3.63, 3.8) is 0 Å².